The quantitative estimate of drug-likeness (QED) is 0.793. The lowest BCUT2D eigenvalue weighted by Crippen LogP contribution is -2.13. The van der Waals surface area contributed by atoms with Crippen LogP contribution in [0.1, 0.15) is 18.1 Å². The van der Waals surface area contributed by atoms with Gasteiger partial charge in [0.1, 0.15) is 6.61 Å². The van der Waals surface area contributed by atoms with E-state index in [1.54, 1.807) is 19.2 Å². The highest BCUT2D eigenvalue weighted by molar-refractivity contribution is 6.35. The maximum atomic E-state index is 6.18. The average molecular weight is 340 g/mol. The third kappa shape index (κ3) is 4.07. The largest absolute Gasteiger partial charge is 0.493 e. The normalized spacial score (nSPS) is 10.5. The number of rotatable bonds is 7. The Bertz CT molecular complexity index is 612. The Morgan fingerprint density at radius 2 is 1.73 bits per heavy atom. The molecule has 0 aliphatic heterocycles. The molecule has 0 bridgehead atoms. The third-order valence-electron chi connectivity index (χ3n) is 3.27. The fourth-order valence-electron chi connectivity index (χ4n) is 2.10. The van der Waals surface area contributed by atoms with Crippen molar-refractivity contribution in [3.63, 3.8) is 0 Å². The molecular weight excluding hydrogens is 321 g/mol. The van der Waals surface area contributed by atoms with Crippen molar-refractivity contribution in [2.45, 2.75) is 20.1 Å². The summed E-state index contributed by atoms with van der Waals surface area (Å²) in [5, 5.41) is 4.48. The number of hydrogen-bond acceptors (Lipinski definition) is 3. The standard InChI is InChI=1S/C17H19Cl2NO2/c1-3-20-10-12-6-4-9-16(21-2)17(12)22-11-13-14(18)7-5-8-15(13)19/h4-9,20H,3,10-11H2,1-2H3. The van der Waals surface area contributed by atoms with Crippen molar-refractivity contribution in [3.05, 3.63) is 57.6 Å². The SMILES string of the molecule is CCNCc1cccc(OC)c1OCc1c(Cl)cccc1Cl. The van der Waals surface area contributed by atoms with E-state index in [4.69, 9.17) is 32.7 Å². The molecule has 0 aliphatic carbocycles. The molecule has 0 spiro atoms. The molecule has 0 amide bonds. The molecular formula is C17H19Cl2NO2. The first-order valence-electron chi connectivity index (χ1n) is 7.09. The number of ether oxygens (including phenoxy) is 2. The Kier molecular flexibility index (Phi) is 6.37. The fourth-order valence-corrected chi connectivity index (χ4v) is 2.61. The summed E-state index contributed by atoms with van der Waals surface area (Å²) in [4.78, 5) is 0. The first-order valence-corrected chi connectivity index (χ1v) is 7.85. The minimum atomic E-state index is 0.290. The molecule has 0 saturated carbocycles. The highest BCUT2D eigenvalue weighted by Crippen LogP contribution is 2.33. The van der Waals surface area contributed by atoms with Gasteiger partial charge >= 0.3 is 0 Å². The summed E-state index contributed by atoms with van der Waals surface area (Å²) >= 11 is 12.4. The zero-order valence-corrected chi connectivity index (χ0v) is 14.2. The maximum absolute atomic E-state index is 6.18. The number of halogens is 2. The Balaban J connectivity index is 2.24. The number of hydrogen-bond donors (Lipinski definition) is 1. The monoisotopic (exact) mass is 339 g/mol. The van der Waals surface area contributed by atoms with Gasteiger partial charge in [-0.05, 0) is 24.7 Å². The summed E-state index contributed by atoms with van der Waals surface area (Å²) in [7, 11) is 1.63. The van der Waals surface area contributed by atoms with Gasteiger partial charge in [0, 0.05) is 27.7 Å². The predicted molar refractivity (Wildman–Crippen MR) is 91.2 cm³/mol. The van der Waals surface area contributed by atoms with Crippen LogP contribution < -0.4 is 14.8 Å². The lowest BCUT2D eigenvalue weighted by atomic mass is 10.1. The van der Waals surface area contributed by atoms with Crippen molar-refractivity contribution in [1.29, 1.82) is 0 Å². The van der Waals surface area contributed by atoms with E-state index in [0.29, 0.717) is 28.1 Å². The smallest absolute Gasteiger partial charge is 0.166 e. The summed E-state index contributed by atoms with van der Waals surface area (Å²) in [5.74, 6) is 1.40. The lowest BCUT2D eigenvalue weighted by molar-refractivity contribution is 0.281. The van der Waals surface area contributed by atoms with E-state index in [-0.39, 0.29) is 6.61 Å². The van der Waals surface area contributed by atoms with Crippen LogP contribution in [0.4, 0.5) is 0 Å². The van der Waals surface area contributed by atoms with E-state index in [0.717, 1.165) is 17.7 Å². The van der Waals surface area contributed by atoms with Crippen LogP contribution in [0.15, 0.2) is 36.4 Å². The van der Waals surface area contributed by atoms with E-state index >= 15 is 0 Å². The minimum Gasteiger partial charge on any atom is -0.493 e. The fraction of sp³-hybridized carbons (Fsp3) is 0.294. The first-order chi connectivity index (χ1) is 10.7. The number of nitrogens with one attached hydrogen (secondary N) is 1. The van der Waals surface area contributed by atoms with Crippen molar-refractivity contribution >= 4 is 23.2 Å². The Hall–Kier alpha value is -1.42. The number of methoxy groups -OCH3 is 1. The summed E-state index contributed by atoms with van der Waals surface area (Å²) in [6.45, 7) is 3.94. The third-order valence-corrected chi connectivity index (χ3v) is 3.98. The zero-order chi connectivity index (χ0) is 15.9. The molecule has 0 atom stereocenters. The van der Waals surface area contributed by atoms with Gasteiger partial charge in [-0.3, -0.25) is 0 Å². The van der Waals surface area contributed by atoms with Crippen molar-refractivity contribution < 1.29 is 9.47 Å². The van der Waals surface area contributed by atoms with Crippen LogP contribution in [0.2, 0.25) is 10.0 Å². The lowest BCUT2D eigenvalue weighted by Gasteiger charge is -2.16. The highest BCUT2D eigenvalue weighted by Gasteiger charge is 2.13. The van der Waals surface area contributed by atoms with Gasteiger partial charge < -0.3 is 14.8 Å². The molecule has 22 heavy (non-hydrogen) atoms. The van der Waals surface area contributed by atoms with Gasteiger partial charge in [-0.25, -0.2) is 0 Å². The molecule has 118 valence electrons. The van der Waals surface area contributed by atoms with Gasteiger partial charge in [-0.15, -0.1) is 0 Å². The predicted octanol–water partition coefficient (Wildman–Crippen LogP) is 4.69. The summed E-state index contributed by atoms with van der Waals surface area (Å²) in [5.41, 5.74) is 1.80. The van der Waals surface area contributed by atoms with Gasteiger partial charge in [0.2, 0.25) is 0 Å². The molecule has 2 rings (SSSR count). The number of para-hydroxylation sites is 1. The van der Waals surface area contributed by atoms with Crippen LogP contribution in [-0.2, 0) is 13.2 Å². The average Bonchev–Trinajstić information content (AvgIpc) is 2.52. The molecule has 0 fully saturated rings. The van der Waals surface area contributed by atoms with Crippen LogP contribution in [-0.4, -0.2) is 13.7 Å². The minimum absolute atomic E-state index is 0.290. The first kappa shape index (κ1) is 16.9. The molecule has 0 heterocycles. The molecule has 0 aliphatic rings. The van der Waals surface area contributed by atoms with Crippen molar-refractivity contribution in [3.8, 4) is 11.5 Å². The van der Waals surface area contributed by atoms with Gasteiger partial charge in [0.25, 0.3) is 0 Å². The molecule has 0 aromatic heterocycles. The molecule has 0 saturated heterocycles. The second-order valence-electron chi connectivity index (χ2n) is 4.72. The Labute approximate surface area is 141 Å². The van der Waals surface area contributed by atoms with E-state index in [1.165, 1.54) is 0 Å². The Morgan fingerprint density at radius 3 is 2.36 bits per heavy atom. The van der Waals surface area contributed by atoms with Gasteiger partial charge in [0.05, 0.1) is 7.11 Å². The van der Waals surface area contributed by atoms with Gasteiger partial charge in [0.15, 0.2) is 11.5 Å². The summed E-state index contributed by atoms with van der Waals surface area (Å²) in [6, 6.07) is 11.2. The highest BCUT2D eigenvalue weighted by atomic mass is 35.5. The van der Waals surface area contributed by atoms with Crippen molar-refractivity contribution in [2.24, 2.45) is 0 Å². The second-order valence-corrected chi connectivity index (χ2v) is 5.53. The van der Waals surface area contributed by atoms with E-state index in [9.17, 15) is 0 Å². The topological polar surface area (TPSA) is 30.5 Å². The molecule has 0 unspecified atom stereocenters. The zero-order valence-electron chi connectivity index (χ0n) is 12.7. The van der Waals surface area contributed by atoms with Crippen LogP contribution in [0.25, 0.3) is 0 Å². The molecule has 0 radical (unpaired) electrons. The number of benzene rings is 2. The van der Waals surface area contributed by atoms with Crippen molar-refractivity contribution in [2.75, 3.05) is 13.7 Å². The molecule has 2 aromatic carbocycles. The van der Waals surface area contributed by atoms with E-state index in [1.807, 2.05) is 24.3 Å². The van der Waals surface area contributed by atoms with E-state index in [2.05, 4.69) is 12.2 Å². The van der Waals surface area contributed by atoms with Crippen LogP contribution in [0, 0.1) is 0 Å². The van der Waals surface area contributed by atoms with Crippen LogP contribution in [0.3, 0.4) is 0 Å². The maximum Gasteiger partial charge on any atom is 0.166 e. The van der Waals surface area contributed by atoms with Crippen LogP contribution in [0.5, 0.6) is 11.5 Å². The Morgan fingerprint density at radius 1 is 1.05 bits per heavy atom. The molecule has 5 heteroatoms. The van der Waals surface area contributed by atoms with Gasteiger partial charge in [-0.2, -0.15) is 0 Å². The second kappa shape index (κ2) is 8.28. The van der Waals surface area contributed by atoms with E-state index < -0.39 is 0 Å². The summed E-state index contributed by atoms with van der Waals surface area (Å²) < 4.78 is 11.4. The van der Waals surface area contributed by atoms with Crippen LogP contribution >= 0.6 is 23.2 Å². The van der Waals surface area contributed by atoms with Gasteiger partial charge in [-0.1, -0.05) is 48.3 Å². The molecule has 2 aromatic rings. The molecule has 1 N–H and O–H groups in total. The molecule has 3 nitrogen and oxygen atoms in total. The summed E-state index contributed by atoms with van der Waals surface area (Å²) in [6.07, 6.45) is 0. The van der Waals surface area contributed by atoms with Crippen molar-refractivity contribution in [1.82, 2.24) is 5.32 Å².